The van der Waals surface area contributed by atoms with E-state index in [0.717, 1.165) is 18.1 Å². The molecule has 0 aromatic carbocycles. The largest absolute Gasteiger partial charge is 0.295 e. The molecule has 94 valence electrons. The quantitative estimate of drug-likeness (QED) is 0.605. The average Bonchev–Trinajstić information content (AvgIpc) is 2.83. The predicted octanol–water partition coefficient (Wildman–Crippen LogP) is 4.36. The first-order valence-corrected chi connectivity index (χ1v) is 7.60. The van der Waals surface area contributed by atoms with Crippen LogP contribution >= 0.6 is 0 Å². The molecular formula is C15H29N. The summed E-state index contributed by atoms with van der Waals surface area (Å²) in [4.78, 5) is 2.86. The number of hydrogen-bond donors (Lipinski definition) is 0. The van der Waals surface area contributed by atoms with Crippen molar-refractivity contribution in [1.29, 1.82) is 0 Å². The van der Waals surface area contributed by atoms with Gasteiger partial charge in [-0.05, 0) is 39.0 Å². The zero-order valence-electron chi connectivity index (χ0n) is 11.3. The second kappa shape index (κ2) is 6.05. The molecule has 0 saturated carbocycles. The van der Waals surface area contributed by atoms with Crippen LogP contribution in [0.15, 0.2) is 0 Å². The molecule has 1 heteroatoms. The molecule has 0 aliphatic carbocycles. The highest BCUT2D eigenvalue weighted by Crippen LogP contribution is 2.38. The summed E-state index contributed by atoms with van der Waals surface area (Å²) >= 11 is 0. The molecule has 0 bridgehead atoms. The number of fused-ring (bicyclic) bond motifs is 1. The number of hydrogen-bond acceptors (Lipinski definition) is 1. The smallest absolute Gasteiger partial charge is 0.0102 e. The van der Waals surface area contributed by atoms with Crippen LogP contribution < -0.4 is 0 Å². The Balaban J connectivity index is 1.66. The van der Waals surface area contributed by atoms with Crippen LogP contribution in [0.2, 0.25) is 0 Å². The van der Waals surface area contributed by atoms with Crippen LogP contribution in [0.4, 0.5) is 0 Å². The van der Waals surface area contributed by atoms with Gasteiger partial charge >= 0.3 is 0 Å². The van der Waals surface area contributed by atoms with Gasteiger partial charge in [-0.2, -0.15) is 0 Å². The summed E-state index contributed by atoms with van der Waals surface area (Å²) in [6, 6.07) is 2.80. The van der Waals surface area contributed by atoms with Crippen LogP contribution in [0, 0.1) is 0 Å². The minimum atomic E-state index is 0.883. The van der Waals surface area contributed by atoms with Crippen LogP contribution in [0.5, 0.6) is 0 Å². The Morgan fingerprint density at radius 1 is 0.938 bits per heavy atom. The van der Waals surface area contributed by atoms with E-state index in [9.17, 15) is 0 Å². The molecular weight excluding hydrogens is 194 g/mol. The Labute approximate surface area is 102 Å². The highest BCUT2D eigenvalue weighted by molar-refractivity contribution is 4.95. The fourth-order valence-electron chi connectivity index (χ4n) is 3.85. The van der Waals surface area contributed by atoms with Gasteiger partial charge < -0.3 is 0 Å². The van der Waals surface area contributed by atoms with Gasteiger partial charge in [0.15, 0.2) is 0 Å². The van der Waals surface area contributed by atoms with Crippen molar-refractivity contribution in [2.75, 3.05) is 0 Å². The molecule has 0 aromatic rings. The molecule has 3 atom stereocenters. The minimum absolute atomic E-state index is 0.883. The van der Waals surface area contributed by atoms with E-state index in [2.05, 4.69) is 18.7 Å². The van der Waals surface area contributed by atoms with Crippen molar-refractivity contribution >= 4 is 0 Å². The van der Waals surface area contributed by atoms with Crippen LogP contribution in [0.25, 0.3) is 0 Å². The zero-order valence-corrected chi connectivity index (χ0v) is 11.3. The summed E-state index contributed by atoms with van der Waals surface area (Å²) in [7, 11) is 0. The summed E-state index contributed by atoms with van der Waals surface area (Å²) in [5, 5.41) is 0. The van der Waals surface area contributed by atoms with E-state index in [-0.39, 0.29) is 0 Å². The summed E-state index contributed by atoms with van der Waals surface area (Å²) in [5.74, 6) is 0. The first-order valence-electron chi connectivity index (χ1n) is 7.60. The first-order chi connectivity index (χ1) is 7.83. The van der Waals surface area contributed by atoms with E-state index >= 15 is 0 Å². The third-order valence-corrected chi connectivity index (χ3v) is 4.74. The normalized spacial score (nSPS) is 34.5. The van der Waals surface area contributed by atoms with Crippen molar-refractivity contribution in [3.05, 3.63) is 0 Å². The van der Waals surface area contributed by atoms with Gasteiger partial charge in [-0.25, -0.2) is 0 Å². The Morgan fingerprint density at radius 3 is 2.50 bits per heavy atom. The topological polar surface area (TPSA) is 3.24 Å². The van der Waals surface area contributed by atoms with E-state index in [1.54, 1.807) is 0 Å². The molecule has 2 rings (SSSR count). The minimum Gasteiger partial charge on any atom is -0.295 e. The van der Waals surface area contributed by atoms with E-state index < -0.39 is 0 Å². The van der Waals surface area contributed by atoms with Gasteiger partial charge in [0, 0.05) is 18.1 Å². The molecule has 16 heavy (non-hydrogen) atoms. The van der Waals surface area contributed by atoms with Gasteiger partial charge in [-0.3, -0.25) is 4.90 Å². The molecule has 2 aliphatic rings. The van der Waals surface area contributed by atoms with Crippen LogP contribution in [0.1, 0.15) is 78.1 Å². The number of nitrogens with zero attached hydrogens (tertiary/aromatic N) is 1. The van der Waals surface area contributed by atoms with Crippen LogP contribution in [-0.4, -0.2) is 23.0 Å². The maximum absolute atomic E-state index is 2.86. The van der Waals surface area contributed by atoms with E-state index in [0.29, 0.717) is 0 Å². The lowest BCUT2D eigenvalue weighted by Crippen LogP contribution is -2.36. The van der Waals surface area contributed by atoms with Crippen molar-refractivity contribution in [3.8, 4) is 0 Å². The second-order valence-corrected chi connectivity index (χ2v) is 5.96. The Morgan fingerprint density at radius 2 is 1.69 bits per heavy atom. The Bertz CT molecular complexity index is 202. The van der Waals surface area contributed by atoms with Crippen LogP contribution in [-0.2, 0) is 0 Å². The summed E-state index contributed by atoms with van der Waals surface area (Å²) in [6.07, 6.45) is 14.6. The molecule has 2 heterocycles. The van der Waals surface area contributed by atoms with Gasteiger partial charge in [0.05, 0.1) is 0 Å². The highest BCUT2D eigenvalue weighted by Gasteiger charge is 2.39. The number of rotatable bonds is 6. The Hall–Kier alpha value is -0.0400. The molecule has 2 aliphatic heterocycles. The van der Waals surface area contributed by atoms with Gasteiger partial charge in [-0.1, -0.05) is 39.0 Å². The lowest BCUT2D eigenvalue weighted by molar-refractivity contribution is 0.180. The lowest BCUT2D eigenvalue weighted by Gasteiger charge is -2.28. The second-order valence-electron chi connectivity index (χ2n) is 5.96. The zero-order chi connectivity index (χ0) is 11.4. The van der Waals surface area contributed by atoms with Crippen molar-refractivity contribution < 1.29 is 0 Å². The molecule has 1 nitrogen and oxygen atoms in total. The molecule has 0 spiro atoms. The molecule has 1 unspecified atom stereocenters. The standard InChI is InChI=1S/C15H29N/c1-3-4-5-6-7-8-14-11-12-15-10-9-13(2)16(14)15/h13-15H,3-12H2,1-2H3/t13-,14?,15+/m1/s1. The summed E-state index contributed by atoms with van der Waals surface area (Å²) < 4.78 is 0. The fourth-order valence-corrected chi connectivity index (χ4v) is 3.85. The highest BCUT2D eigenvalue weighted by atomic mass is 15.3. The van der Waals surface area contributed by atoms with E-state index in [4.69, 9.17) is 0 Å². The van der Waals surface area contributed by atoms with Crippen molar-refractivity contribution in [1.82, 2.24) is 4.90 Å². The average molecular weight is 223 g/mol. The molecule has 0 aromatic heterocycles. The number of unbranched alkanes of at least 4 members (excludes halogenated alkanes) is 4. The predicted molar refractivity (Wildman–Crippen MR) is 70.7 cm³/mol. The summed E-state index contributed by atoms with van der Waals surface area (Å²) in [5.41, 5.74) is 0. The molecule has 0 N–H and O–H groups in total. The maximum atomic E-state index is 2.86. The van der Waals surface area contributed by atoms with Gasteiger partial charge in [-0.15, -0.1) is 0 Å². The van der Waals surface area contributed by atoms with Gasteiger partial charge in [0.2, 0.25) is 0 Å². The lowest BCUT2D eigenvalue weighted by atomic mass is 10.0. The van der Waals surface area contributed by atoms with Crippen LogP contribution in [0.3, 0.4) is 0 Å². The van der Waals surface area contributed by atoms with Crippen molar-refractivity contribution in [2.45, 2.75) is 96.2 Å². The third-order valence-electron chi connectivity index (χ3n) is 4.74. The maximum Gasteiger partial charge on any atom is 0.0102 e. The molecule has 2 fully saturated rings. The molecule has 0 amide bonds. The Kier molecular flexibility index (Phi) is 4.69. The van der Waals surface area contributed by atoms with Gasteiger partial charge in [0.1, 0.15) is 0 Å². The molecule has 2 saturated heterocycles. The van der Waals surface area contributed by atoms with Crippen molar-refractivity contribution in [2.24, 2.45) is 0 Å². The SMILES string of the molecule is CCCCCCCC1CC[C@@H]2CC[C@@H](C)N12. The third kappa shape index (κ3) is 2.80. The monoisotopic (exact) mass is 223 g/mol. The first kappa shape index (κ1) is 12.4. The van der Waals surface area contributed by atoms with Crippen molar-refractivity contribution in [3.63, 3.8) is 0 Å². The molecule has 0 radical (unpaired) electrons. The van der Waals surface area contributed by atoms with E-state index in [1.807, 2.05) is 0 Å². The summed E-state index contributed by atoms with van der Waals surface area (Å²) in [6.45, 7) is 4.74. The van der Waals surface area contributed by atoms with E-state index in [1.165, 1.54) is 64.2 Å². The van der Waals surface area contributed by atoms with Gasteiger partial charge in [0.25, 0.3) is 0 Å². The fraction of sp³-hybridized carbons (Fsp3) is 1.00.